The summed E-state index contributed by atoms with van der Waals surface area (Å²) < 4.78 is 0. The van der Waals surface area contributed by atoms with E-state index in [1.54, 1.807) is 0 Å². The number of hydrogen-bond donors (Lipinski definition) is 1. The third kappa shape index (κ3) is 2.13. The molecule has 0 fully saturated rings. The second kappa shape index (κ2) is 5.06. The third-order valence-electron chi connectivity index (χ3n) is 4.01. The van der Waals surface area contributed by atoms with E-state index < -0.39 is 0 Å². The van der Waals surface area contributed by atoms with Crippen molar-refractivity contribution in [1.29, 1.82) is 0 Å². The molecule has 98 valence electrons. The molecule has 0 radical (unpaired) electrons. The summed E-state index contributed by atoms with van der Waals surface area (Å²) in [4.78, 5) is 2.44. The van der Waals surface area contributed by atoms with Gasteiger partial charge in [-0.1, -0.05) is 36.4 Å². The van der Waals surface area contributed by atoms with Crippen LogP contribution in [0.4, 0.5) is 11.4 Å². The topological polar surface area (TPSA) is 15.3 Å². The molecule has 0 spiro atoms. The Morgan fingerprint density at radius 1 is 1.00 bits per heavy atom. The Kier molecular flexibility index (Phi) is 3.26. The highest BCUT2D eigenvalue weighted by Gasteiger charge is 2.22. The maximum absolute atomic E-state index is 3.34. The predicted molar refractivity (Wildman–Crippen MR) is 81.1 cm³/mol. The lowest BCUT2D eigenvalue weighted by molar-refractivity contribution is 0.651. The number of nitrogens with zero attached hydrogens (tertiary/aromatic N) is 1. The monoisotopic (exact) mass is 252 g/mol. The van der Waals surface area contributed by atoms with Crippen LogP contribution in [-0.2, 0) is 6.42 Å². The Morgan fingerprint density at radius 3 is 2.47 bits per heavy atom. The van der Waals surface area contributed by atoms with Gasteiger partial charge in [0, 0.05) is 24.0 Å². The number of fused-ring (bicyclic) bond motifs is 1. The van der Waals surface area contributed by atoms with Gasteiger partial charge < -0.3 is 10.2 Å². The average Bonchev–Trinajstić information content (AvgIpc) is 2.90. The summed E-state index contributed by atoms with van der Waals surface area (Å²) in [6, 6.07) is 17.8. The van der Waals surface area contributed by atoms with Crippen LogP contribution in [0.1, 0.15) is 24.1 Å². The normalized spacial score (nSPS) is 15.4. The van der Waals surface area contributed by atoms with E-state index in [9.17, 15) is 0 Å². The first-order chi connectivity index (χ1) is 9.31. The zero-order valence-electron chi connectivity index (χ0n) is 11.6. The maximum Gasteiger partial charge on any atom is 0.0459 e. The van der Waals surface area contributed by atoms with Crippen molar-refractivity contribution >= 4 is 11.4 Å². The van der Waals surface area contributed by atoms with Crippen LogP contribution >= 0.6 is 0 Å². The SMILES string of the molecule is CNC(C)c1ccccc1N1CCc2ccccc21. The highest BCUT2D eigenvalue weighted by molar-refractivity contribution is 5.72. The van der Waals surface area contributed by atoms with Gasteiger partial charge in [-0.15, -0.1) is 0 Å². The fraction of sp³-hybridized carbons (Fsp3) is 0.294. The van der Waals surface area contributed by atoms with Crippen molar-refractivity contribution < 1.29 is 0 Å². The zero-order chi connectivity index (χ0) is 13.2. The molecule has 0 bridgehead atoms. The molecule has 2 nitrogen and oxygen atoms in total. The van der Waals surface area contributed by atoms with Gasteiger partial charge in [-0.25, -0.2) is 0 Å². The van der Waals surface area contributed by atoms with Gasteiger partial charge in [0.15, 0.2) is 0 Å². The van der Waals surface area contributed by atoms with Crippen molar-refractivity contribution in [1.82, 2.24) is 5.32 Å². The summed E-state index contributed by atoms with van der Waals surface area (Å²) in [5.74, 6) is 0. The predicted octanol–water partition coefficient (Wildman–Crippen LogP) is 3.66. The molecule has 1 N–H and O–H groups in total. The van der Waals surface area contributed by atoms with E-state index in [4.69, 9.17) is 0 Å². The molecule has 1 unspecified atom stereocenters. The summed E-state index contributed by atoms with van der Waals surface area (Å²) in [5.41, 5.74) is 5.50. The fourth-order valence-electron chi connectivity index (χ4n) is 2.84. The average molecular weight is 252 g/mol. The number of anilines is 2. The van der Waals surface area contributed by atoms with Gasteiger partial charge in [0.25, 0.3) is 0 Å². The second-order valence-corrected chi connectivity index (χ2v) is 5.10. The minimum absolute atomic E-state index is 0.365. The van der Waals surface area contributed by atoms with Gasteiger partial charge in [0.1, 0.15) is 0 Å². The number of hydrogen-bond acceptors (Lipinski definition) is 2. The van der Waals surface area contributed by atoms with E-state index in [1.165, 1.54) is 22.5 Å². The van der Waals surface area contributed by atoms with Gasteiger partial charge in [-0.05, 0) is 43.7 Å². The van der Waals surface area contributed by atoms with Crippen LogP contribution in [0.2, 0.25) is 0 Å². The van der Waals surface area contributed by atoms with Crippen molar-refractivity contribution in [2.24, 2.45) is 0 Å². The molecule has 19 heavy (non-hydrogen) atoms. The molecule has 0 amide bonds. The second-order valence-electron chi connectivity index (χ2n) is 5.10. The lowest BCUT2D eigenvalue weighted by Gasteiger charge is -2.25. The summed E-state index contributed by atoms with van der Waals surface area (Å²) in [6.07, 6.45) is 1.14. The molecule has 1 aliphatic rings. The van der Waals surface area contributed by atoms with E-state index in [-0.39, 0.29) is 0 Å². The lowest BCUT2D eigenvalue weighted by Crippen LogP contribution is -2.19. The summed E-state index contributed by atoms with van der Waals surface area (Å²) >= 11 is 0. The van der Waals surface area contributed by atoms with Gasteiger partial charge >= 0.3 is 0 Å². The van der Waals surface area contributed by atoms with Crippen molar-refractivity contribution in [3.8, 4) is 0 Å². The quantitative estimate of drug-likeness (QED) is 0.896. The van der Waals surface area contributed by atoms with E-state index in [0.29, 0.717) is 6.04 Å². The molecule has 1 heterocycles. The molecular formula is C17H20N2. The zero-order valence-corrected chi connectivity index (χ0v) is 11.6. The van der Waals surface area contributed by atoms with Crippen molar-refractivity contribution in [3.63, 3.8) is 0 Å². The van der Waals surface area contributed by atoms with E-state index in [1.807, 2.05) is 7.05 Å². The molecule has 1 atom stereocenters. The van der Waals surface area contributed by atoms with Crippen molar-refractivity contribution in [2.45, 2.75) is 19.4 Å². The van der Waals surface area contributed by atoms with Crippen molar-refractivity contribution in [3.05, 3.63) is 59.7 Å². The largest absolute Gasteiger partial charge is 0.341 e. The minimum atomic E-state index is 0.365. The Morgan fingerprint density at radius 2 is 1.68 bits per heavy atom. The first-order valence-corrected chi connectivity index (χ1v) is 6.93. The number of nitrogens with one attached hydrogen (secondary N) is 1. The molecule has 2 aromatic rings. The van der Waals surface area contributed by atoms with Crippen LogP contribution in [0, 0.1) is 0 Å². The Labute approximate surface area is 115 Å². The van der Waals surface area contributed by atoms with E-state index >= 15 is 0 Å². The molecule has 0 saturated carbocycles. The molecule has 3 rings (SSSR count). The molecule has 2 heteroatoms. The standard InChI is InChI=1S/C17H20N2/c1-13(18-2)15-8-4-6-10-17(15)19-12-11-14-7-3-5-9-16(14)19/h3-10,13,18H,11-12H2,1-2H3. The molecule has 1 aliphatic heterocycles. The van der Waals surface area contributed by atoms with Crippen LogP contribution in [0.25, 0.3) is 0 Å². The van der Waals surface area contributed by atoms with Crippen molar-refractivity contribution in [2.75, 3.05) is 18.5 Å². The number of rotatable bonds is 3. The van der Waals surface area contributed by atoms with Gasteiger partial charge in [0.05, 0.1) is 0 Å². The summed E-state index contributed by atoms with van der Waals surface area (Å²) in [7, 11) is 2.01. The third-order valence-corrected chi connectivity index (χ3v) is 4.01. The highest BCUT2D eigenvalue weighted by Crippen LogP contribution is 2.37. The Bertz CT molecular complexity index is 577. The first-order valence-electron chi connectivity index (χ1n) is 6.93. The smallest absolute Gasteiger partial charge is 0.0459 e. The van der Waals surface area contributed by atoms with Crippen LogP contribution in [0.15, 0.2) is 48.5 Å². The molecule has 0 aliphatic carbocycles. The Balaban J connectivity index is 2.05. The lowest BCUT2D eigenvalue weighted by atomic mass is 10.1. The van der Waals surface area contributed by atoms with Crippen LogP contribution in [0.5, 0.6) is 0 Å². The minimum Gasteiger partial charge on any atom is -0.341 e. The van der Waals surface area contributed by atoms with Gasteiger partial charge in [-0.2, -0.15) is 0 Å². The molecular weight excluding hydrogens is 232 g/mol. The van der Waals surface area contributed by atoms with Gasteiger partial charge in [-0.3, -0.25) is 0 Å². The summed E-state index contributed by atoms with van der Waals surface area (Å²) in [5, 5.41) is 3.34. The van der Waals surface area contributed by atoms with E-state index in [0.717, 1.165) is 13.0 Å². The first kappa shape index (κ1) is 12.2. The molecule has 2 aromatic carbocycles. The van der Waals surface area contributed by atoms with Gasteiger partial charge in [0.2, 0.25) is 0 Å². The number of benzene rings is 2. The highest BCUT2D eigenvalue weighted by atomic mass is 15.2. The maximum atomic E-state index is 3.34. The Hall–Kier alpha value is -1.80. The van der Waals surface area contributed by atoms with E-state index in [2.05, 4.69) is 65.7 Å². The van der Waals surface area contributed by atoms with Crippen LogP contribution in [0.3, 0.4) is 0 Å². The number of para-hydroxylation sites is 2. The molecule has 0 aromatic heterocycles. The molecule has 0 saturated heterocycles. The van der Waals surface area contributed by atoms with Crippen LogP contribution in [-0.4, -0.2) is 13.6 Å². The fourth-order valence-corrected chi connectivity index (χ4v) is 2.84. The van der Waals surface area contributed by atoms with Crippen LogP contribution < -0.4 is 10.2 Å². The summed E-state index contributed by atoms with van der Waals surface area (Å²) in [6.45, 7) is 3.29.